The van der Waals surface area contributed by atoms with Crippen LogP contribution in [0.4, 0.5) is 0 Å². The minimum absolute atomic E-state index is 0.237. The molecule has 72 valence electrons. The molecule has 0 aliphatic heterocycles. The van der Waals surface area contributed by atoms with Crippen LogP contribution in [0.25, 0.3) is 21.8 Å². The van der Waals surface area contributed by atoms with Crippen molar-refractivity contribution in [3.8, 4) is 0 Å². The van der Waals surface area contributed by atoms with E-state index < -0.39 is 0 Å². The topological polar surface area (TPSA) is 71.5 Å². The van der Waals surface area contributed by atoms with Crippen molar-refractivity contribution in [2.75, 3.05) is 0 Å². The second kappa shape index (κ2) is 2.84. The predicted molar refractivity (Wildman–Crippen MR) is 55.5 cm³/mol. The molecule has 2 aromatic heterocycles. The molecule has 0 saturated heterocycles. The fourth-order valence-electron chi connectivity index (χ4n) is 1.58. The third-order valence-electron chi connectivity index (χ3n) is 2.26. The van der Waals surface area contributed by atoms with Crippen molar-refractivity contribution in [3.63, 3.8) is 0 Å². The Hall–Kier alpha value is -2.30. The molecular formula is C10H6N4O. The van der Waals surface area contributed by atoms with Gasteiger partial charge in [0.25, 0.3) is 5.56 Å². The lowest BCUT2D eigenvalue weighted by Crippen LogP contribution is -1.99. The van der Waals surface area contributed by atoms with Crippen LogP contribution >= 0.6 is 0 Å². The Bertz CT molecular complexity index is 704. The number of hydrogen-bond acceptors (Lipinski definition) is 4. The monoisotopic (exact) mass is 198 g/mol. The Morgan fingerprint density at radius 2 is 2.07 bits per heavy atom. The molecule has 0 spiro atoms. The van der Waals surface area contributed by atoms with Crippen LogP contribution in [0.3, 0.4) is 0 Å². The van der Waals surface area contributed by atoms with Crippen molar-refractivity contribution in [1.82, 2.24) is 20.2 Å². The summed E-state index contributed by atoms with van der Waals surface area (Å²) in [5.41, 5.74) is 1.25. The third-order valence-corrected chi connectivity index (χ3v) is 2.26. The highest BCUT2D eigenvalue weighted by molar-refractivity contribution is 6.02. The maximum absolute atomic E-state index is 11.3. The molecule has 0 bridgehead atoms. The van der Waals surface area contributed by atoms with Gasteiger partial charge >= 0.3 is 0 Å². The summed E-state index contributed by atoms with van der Waals surface area (Å²) in [5, 5.41) is 9.43. The largest absolute Gasteiger partial charge is 0.320 e. The van der Waals surface area contributed by atoms with E-state index in [-0.39, 0.29) is 5.56 Å². The van der Waals surface area contributed by atoms with Gasteiger partial charge in [-0.3, -0.25) is 9.78 Å². The summed E-state index contributed by atoms with van der Waals surface area (Å²) in [5.74, 6) is 0. The van der Waals surface area contributed by atoms with E-state index in [9.17, 15) is 4.79 Å². The number of rotatable bonds is 0. The Kier molecular flexibility index (Phi) is 1.53. The summed E-state index contributed by atoms with van der Waals surface area (Å²) in [6.45, 7) is 0. The minimum atomic E-state index is -0.237. The number of nitrogens with zero attached hydrogens (tertiary/aromatic N) is 3. The summed E-state index contributed by atoms with van der Waals surface area (Å²) in [4.78, 5) is 17.9. The first-order valence-electron chi connectivity index (χ1n) is 4.43. The average molecular weight is 198 g/mol. The van der Waals surface area contributed by atoms with Gasteiger partial charge in [-0.15, -0.1) is 0 Å². The Labute approximate surface area is 83.8 Å². The number of nitrogens with one attached hydrogen (secondary N) is 1. The van der Waals surface area contributed by atoms with Gasteiger partial charge in [0.05, 0.1) is 23.4 Å². The van der Waals surface area contributed by atoms with Crippen molar-refractivity contribution in [2.24, 2.45) is 0 Å². The van der Waals surface area contributed by atoms with Crippen molar-refractivity contribution >= 4 is 21.8 Å². The summed E-state index contributed by atoms with van der Waals surface area (Å²) >= 11 is 0. The van der Waals surface area contributed by atoms with Crippen LogP contribution in [0, 0.1) is 0 Å². The molecule has 0 aliphatic rings. The third kappa shape index (κ3) is 1.17. The second-order valence-electron chi connectivity index (χ2n) is 3.20. The predicted octanol–water partition coefficient (Wildman–Crippen LogP) is 0.866. The lowest BCUT2D eigenvalue weighted by Gasteiger charge is -1.92. The maximum atomic E-state index is 11.3. The fourth-order valence-corrected chi connectivity index (χ4v) is 1.58. The summed E-state index contributed by atoms with van der Waals surface area (Å²) < 4.78 is 0. The summed E-state index contributed by atoms with van der Waals surface area (Å²) in [6.07, 6.45) is 4.52. The minimum Gasteiger partial charge on any atom is -0.320 e. The van der Waals surface area contributed by atoms with Crippen LogP contribution in [-0.2, 0) is 0 Å². The van der Waals surface area contributed by atoms with Crippen molar-refractivity contribution < 1.29 is 0 Å². The molecule has 0 saturated carbocycles. The molecule has 5 nitrogen and oxygen atoms in total. The normalized spacial score (nSPS) is 10.9. The molecule has 0 radical (unpaired) electrons. The molecule has 0 amide bonds. The van der Waals surface area contributed by atoms with Crippen molar-refractivity contribution in [2.45, 2.75) is 0 Å². The van der Waals surface area contributed by atoms with Crippen LogP contribution in [0.2, 0.25) is 0 Å². The lowest BCUT2D eigenvalue weighted by molar-refractivity contribution is 1.12. The molecular weight excluding hydrogens is 192 g/mol. The van der Waals surface area contributed by atoms with Gasteiger partial charge < -0.3 is 4.98 Å². The van der Waals surface area contributed by atoms with Crippen LogP contribution in [-0.4, -0.2) is 20.2 Å². The first kappa shape index (κ1) is 8.05. The standard InChI is InChI=1S/C10H6N4O/c15-9-5-11-3-6-1-2-8-7(4-12-14-8)10(6)13-9/h1-5H,(H,13,15). The Balaban J connectivity index is 2.68. The van der Waals surface area contributed by atoms with E-state index in [0.29, 0.717) is 0 Å². The number of aromatic nitrogens is 4. The van der Waals surface area contributed by atoms with E-state index in [4.69, 9.17) is 0 Å². The zero-order valence-electron chi connectivity index (χ0n) is 7.64. The highest BCUT2D eigenvalue weighted by Gasteiger charge is 2.02. The quantitative estimate of drug-likeness (QED) is 0.581. The highest BCUT2D eigenvalue weighted by atomic mass is 16.1. The molecule has 15 heavy (non-hydrogen) atoms. The molecule has 1 N–H and O–H groups in total. The summed E-state index contributed by atoms with van der Waals surface area (Å²) in [7, 11) is 0. The van der Waals surface area contributed by atoms with Crippen LogP contribution in [0.1, 0.15) is 0 Å². The van der Waals surface area contributed by atoms with E-state index in [2.05, 4.69) is 20.2 Å². The Morgan fingerprint density at radius 3 is 3.00 bits per heavy atom. The fraction of sp³-hybridized carbons (Fsp3) is 0. The van der Waals surface area contributed by atoms with E-state index in [1.165, 1.54) is 6.20 Å². The van der Waals surface area contributed by atoms with Crippen LogP contribution in [0.15, 0.2) is 35.5 Å². The molecule has 0 fully saturated rings. The molecule has 0 atom stereocenters. The number of benzene rings is 1. The maximum Gasteiger partial charge on any atom is 0.266 e. The molecule has 3 aromatic rings. The summed E-state index contributed by atoms with van der Waals surface area (Å²) in [6, 6.07) is 3.71. The number of fused-ring (bicyclic) bond motifs is 3. The number of aromatic amines is 1. The average Bonchev–Trinajstić information content (AvgIpc) is 2.61. The highest BCUT2D eigenvalue weighted by Crippen LogP contribution is 2.19. The van der Waals surface area contributed by atoms with Gasteiger partial charge in [-0.25, -0.2) is 0 Å². The number of hydrogen-bond donors (Lipinski definition) is 1. The zero-order chi connectivity index (χ0) is 10.3. The second-order valence-corrected chi connectivity index (χ2v) is 3.20. The smallest absolute Gasteiger partial charge is 0.266 e. The van der Waals surface area contributed by atoms with Crippen molar-refractivity contribution in [1.29, 1.82) is 0 Å². The molecule has 2 heterocycles. The van der Waals surface area contributed by atoms with E-state index >= 15 is 0 Å². The SMILES string of the molecule is O=c1cncc2ccc3nncc3c2[nH]1. The number of H-pyrrole nitrogens is 1. The van der Waals surface area contributed by atoms with Crippen LogP contribution < -0.4 is 5.56 Å². The van der Waals surface area contributed by atoms with Gasteiger partial charge in [-0.1, -0.05) is 0 Å². The zero-order valence-corrected chi connectivity index (χ0v) is 7.64. The van der Waals surface area contributed by atoms with Gasteiger partial charge in [-0.2, -0.15) is 10.2 Å². The van der Waals surface area contributed by atoms with Gasteiger partial charge in [0.1, 0.15) is 0 Å². The molecule has 0 unspecified atom stereocenters. The van der Waals surface area contributed by atoms with Crippen LogP contribution in [0.5, 0.6) is 0 Å². The first-order chi connectivity index (χ1) is 7.34. The molecule has 1 aromatic carbocycles. The Morgan fingerprint density at radius 1 is 1.13 bits per heavy atom. The molecule has 5 heteroatoms. The van der Waals surface area contributed by atoms with Crippen molar-refractivity contribution in [3.05, 3.63) is 41.1 Å². The van der Waals surface area contributed by atoms with E-state index in [0.717, 1.165) is 21.8 Å². The molecule has 3 rings (SSSR count). The van der Waals surface area contributed by atoms with Gasteiger partial charge in [0, 0.05) is 17.0 Å². The first-order valence-corrected chi connectivity index (χ1v) is 4.43. The van der Waals surface area contributed by atoms with E-state index in [1.807, 2.05) is 12.1 Å². The van der Waals surface area contributed by atoms with Gasteiger partial charge in [0.15, 0.2) is 0 Å². The lowest BCUT2D eigenvalue weighted by atomic mass is 10.2. The molecule has 0 aliphatic carbocycles. The van der Waals surface area contributed by atoms with Gasteiger partial charge in [0.2, 0.25) is 0 Å². The van der Waals surface area contributed by atoms with Gasteiger partial charge in [-0.05, 0) is 12.1 Å². The van der Waals surface area contributed by atoms with E-state index in [1.54, 1.807) is 12.4 Å².